The summed E-state index contributed by atoms with van der Waals surface area (Å²) in [7, 11) is -0.194. The van der Waals surface area contributed by atoms with Crippen LogP contribution in [0.25, 0.3) is 0 Å². The molecule has 0 unspecified atom stereocenters. The van der Waals surface area contributed by atoms with Crippen molar-refractivity contribution in [2.75, 3.05) is 0 Å². The Kier molecular flexibility index (Phi) is 10.8. The van der Waals surface area contributed by atoms with Crippen LogP contribution in [0.3, 0.4) is 0 Å². The van der Waals surface area contributed by atoms with E-state index in [1.807, 2.05) is 36.8 Å². The second-order valence-electron chi connectivity index (χ2n) is 7.66. The van der Waals surface area contributed by atoms with Crippen molar-refractivity contribution in [3.63, 3.8) is 0 Å². The van der Waals surface area contributed by atoms with E-state index in [0.29, 0.717) is 0 Å². The molecule has 1 aliphatic carbocycles. The van der Waals surface area contributed by atoms with Crippen LogP contribution in [0.2, 0.25) is 0 Å². The van der Waals surface area contributed by atoms with Gasteiger partial charge in [-0.25, -0.2) is 15.3 Å². The second kappa shape index (κ2) is 14.3. The Hall–Kier alpha value is -2.98. The van der Waals surface area contributed by atoms with E-state index in [4.69, 9.17) is 0 Å². The van der Waals surface area contributed by atoms with Gasteiger partial charge in [-0.2, -0.15) is 0 Å². The summed E-state index contributed by atoms with van der Waals surface area (Å²) in [5, 5.41) is 12.7. The summed E-state index contributed by atoms with van der Waals surface area (Å²) in [5.41, 5.74) is 1.35. The monoisotopic (exact) mass is 537 g/mol. The van der Waals surface area contributed by atoms with E-state index in [2.05, 4.69) is 76.4 Å². The number of hydrogen-bond donors (Lipinski definition) is 0. The summed E-state index contributed by atoms with van der Waals surface area (Å²) in [6.45, 7) is 0. The zero-order valence-corrected chi connectivity index (χ0v) is 20.8. The molecule has 0 spiro atoms. The average Bonchev–Trinajstić information content (AvgIpc) is 3.62. The van der Waals surface area contributed by atoms with E-state index in [1.54, 1.807) is 32.4 Å². The Morgan fingerprint density at radius 2 is 1.35 bits per heavy atom. The standard InChI is InChI=1S/C17H19.C9H9BN6.Ru/c1-2-5-10-16(11-6-3-1)14-9-15-17-12-7-4-8-13-17;1-4-11-14(7-1)10(15-8-2-5-12-15)16-9-3-6-13-16;/h1-2,4,7-9,11-13H,3,5-6,10,15H2;1-9H;/q;-1;+2/b2-1-,14-9?;;. The van der Waals surface area contributed by atoms with Gasteiger partial charge in [-0.15, -0.1) is 0 Å². The van der Waals surface area contributed by atoms with Crippen LogP contribution in [0.4, 0.5) is 0 Å². The molecule has 3 aromatic heterocycles. The van der Waals surface area contributed by atoms with Gasteiger partial charge in [0.1, 0.15) is 0 Å². The Labute approximate surface area is 215 Å². The first-order valence-electron chi connectivity index (χ1n) is 11.3. The molecule has 0 fully saturated rings. The Bertz CT molecular complexity index is 995. The van der Waals surface area contributed by atoms with Crippen molar-refractivity contribution >= 4 is 7.12 Å². The van der Waals surface area contributed by atoms with Crippen LogP contribution in [0.1, 0.15) is 31.2 Å². The zero-order valence-electron chi connectivity index (χ0n) is 19.0. The van der Waals surface area contributed by atoms with Gasteiger partial charge in [0, 0.05) is 24.5 Å². The third kappa shape index (κ3) is 7.81. The van der Waals surface area contributed by atoms with E-state index in [1.165, 1.54) is 17.9 Å². The number of rotatable bonds is 6. The molecule has 1 aromatic carbocycles. The van der Waals surface area contributed by atoms with Gasteiger partial charge in [0.2, 0.25) is 0 Å². The number of hydrogen-bond acceptors (Lipinski definition) is 3. The van der Waals surface area contributed by atoms with Crippen molar-refractivity contribution in [1.82, 2.24) is 29.1 Å². The molecular formula is C26H28BN6Ru+. The molecule has 4 radical (unpaired) electrons. The third-order valence-electron chi connectivity index (χ3n) is 5.22. The van der Waals surface area contributed by atoms with Crippen molar-refractivity contribution in [3.8, 4) is 0 Å². The van der Waals surface area contributed by atoms with Crippen LogP contribution in [0.5, 0.6) is 0 Å². The normalized spacial score (nSPS) is 15.2. The molecule has 34 heavy (non-hydrogen) atoms. The van der Waals surface area contributed by atoms with Gasteiger partial charge < -0.3 is 13.8 Å². The molecule has 0 N–H and O–H groups in total. The molecule has 0 atom stereocenters. The van der Waals surface area contributed by atoms with Gasteiger partial charge in [-0.1, -0.05) is 48.6 Å². The summed E-state index contributed by atoms with van der Waals surface area (Å²) < 4.78 is 5.38. The molecule has 5 rings (SSSR count). The van der Waals surface area contributed by atoms with Crippen LogP contribution in [0.15, 0.2) is 104 Å². The second-order valence-corrected chi connectivity index (χ2v) is 7.66. The summed E-state index contributed by atoms with van der Waals surface area (Å²) in [4.78, 5) is 0. The number of benzene rings is 1. The first-order chi connectivity index (χ1) is 16.4. The van der Waals surface area contributed by atoms with Crippen molar-refractivity contribution in [2.24, 2.45) is 0 Å². The molecule has 6 nitrogen and oxygen atoms in total. The molecule has 1 aliphatic rings. The fourth-order valence-corrected chi connectivity index (χ4v) is 3.59. The molecule has 0 bridgehead atoms. The summed E-state index contributed by atoms with van der Waals surface area (Å²) >= 11 is 0. The number of allylic oxidation sites excluding steroid dienone is 4. The van der Waals surface area contributed by atoms with Crippen LogP contribution in [-0.4, -0.2) is 36.2 Å². The minimum atomic E-state index is -0.194. The SMILES string of the molecule is [C](=CCc1ccccc1)[C]1[CH]CC/C=C\CC1.[Ru+2].c1cnn([B-](n2cccn2)n2cccn2)c1. The number of nitrogens with zero attached hydrogens (tertiary/aromatic N) is 6. The van der Waals surface area contributed by atoms with E-state index >= 15 is 0 Å². The smallest absolute Gasteiger partial charge is 0.425 e. The maximum atomic E-state index is 4.22. The fourth-order valence-electron chi connectivity index (χ4n) is 3.59. The van der Waals surface area contributed by atoms with Crippen LogP contribution in [0, 0.1) is 18.4 Å². The predicted octanol–water partition coefficient (Wildman–Crippen LogP) is 4.70. The van der Waals surface area contributed by atoms with Gasteiger partial charge in [0.05, 0.1) is 0 Å². The molecule has 8 heteroatoms. The van der Waals surface area contributed by atoms with Crippen molar-refractivity contribution < 1.29 is 19.5 Å². The quantitative estimate of drug-likeness (QED) is 0.265. The molecule has 4 aromatic rings. The molecule has 3 heterocycles. The summed E-state index contributed by atoms with van der Waals surface area (Å²) in [6.07, 6.45) is 28.9. The van der Waals surface area contributed by atoms with E-state index < -0.39 is 0 Å². The summed E-state index contributed by atoms with van der Waals surface area (Å²) in [6, 6.07) is 16.2. The molecule has 0 amide bonds. The maximum Gasteiger partial charge on any atom is 2.00 e. The van der Waals surface area contributed by atoms with Gasteiger partial charge in [0.25, 0.3) is 7.12 Å². The average molecular weight is 536 g/mol. The van der Waals surface area contributed by atoms with E-state index in [0.717, 1.165) is 25.7 Å². The molecule has 0 aliphatic heterocycles. The van der Waals surface area contributed by atoms with Crippen LogP contribution >= 0.6 is 0 Å². The van der Waals surface area contributed by atoms with Gasteiger partial charge in [0.15, 0.2) is 0 Å². The largest absolute Gasteiger partial charge is 2.00 e. The van der Waals surface area contributed by atoms with Crippen molar-refractivity contribution in [1.29, 1.82) is 0 Å². The van der Waals surface area contributed by atoms with Gasteiger partial charge in [-0.3, -0.25) is 0 Å². The fraction of sp³-hybridized carbons (Fsp3) is 0.192. The first-order valence-corrected chi connectivity index (χ1v) is 11.3. The molecule has 172 valence electrons. The summed E-state index contributed by atoms with van der Waals surface area (Å²) in [5.74, 6) is 1.37. The topological polar surface area (TPSA) is 53.5 Å². The van der Waals surface area contributed by atoms with E-state index in [9.17, 15) is 0 Å². The van der Waals surface area contributed by atoms with Crippen molar-refractivity contribution in [2.45, 2.75) is 32.1 Å². The van der Waals surface area contributed by atoms with Crippen molar-refractivity contribution in [3.05, 3.63) is 128 Å². The minimum absolute atomic E-state index is 0. The predicted molar refractivity (Wildman–Crippen MR) is 132 cm³/mol. The Morgan fingerprint density at radius 1 is 0.765 bits per heavy atom. The van der Waals surface area contributed by atoms with Crippen LogP contribution < -0.4 is 0 Å². The van der Waals surface area contributed by atoms with Gasteiger partial charge >= 0.3 is 19.5 Å². The molecule has 0 saturated carbocycles. The number of aromatic nitrogens is 6. The third-order valence-corrected chi connectivity index (χ3v) is 5.22. The van der Waals surface area contributed by atoms with Gasteiger partial charge in [-0.05, 0) is 87.0 Å². The molecule has 0 saturated heterocycles. The van der Waals surface area contributed by atoms with E-state index in [-0.39, 0.29) is 26.6 Å². The Morgan fingerprint density at radius 3 is 1.91 bits per heavy atom. The zero-order chi connectivity index (χ0) is 22.6. The first kappa shape index (κ1) is 25.6. The molecular weight excluding hydrogens is 508 g/mol. The minimum Gasteiger partial charge on any atom is -0.425 e. The van der Waals surface area contributed by atoms with Crippen LogP contribution in [-0.2, 0) is 25.9 Å². The Balaban J connectivity index is 0.000000185. The maximum absolute atomic E-state index is 4.22.